The highest BCUT2D eigenvalue weighted by Gasteiger charge is 2.08. The van der Waals surface area contributed by atoms with Crippen molar-refractivity contribution in [2.24, 2.45) is 0 Å². The summed E-state index contributed by atoms with van der Waals surface area (Å²) in [4.78, 5) is 16.6. The first-order chi connectivity index (χ1) is 12.1. The molecule has 0 aliphatic rings. The maximum Gasteiger partial charge on any atom is 0.257 e. The molecule has 25 heavy (non-hydrogen) atoms. The van der Waals surface area contributed by atoms with Crippen molar-refractivity contribution in [1.29, 1.82) is 0 Å². The molecule has 1 aromatic heterocycles. The van der Waals surface area contributed by atoms with Crippen LogP contribution in [0.5, 0.6) is 0 Å². The van der Waals surface area contributed by atoms with Gasteiger partial charge in [0.25, 0.3) is 5.91 Å². The molecule has 1 heterocycles. The summed E-state index contributed by atoms with van der Waals surface area (Å²) >= 11 is 3.44. The van der Waals surface area contributed by atoms with Crippen LogP contribution in [0.2, 0.25) is 0 Å². The second-order valence-electron chi connectivity index (χ2n) is 5.60. The number of hydrogen-bond acceptors (Lipinski definition) is 3. The summed E-state index contributed by atoms with van der Waals surface area (Å²) in [7, 11) is 0. The van der Waals surface area contributed by atoms with Gasteiger partial charge in [0.05, 0.1) is 17.4 Å². The van der Waals surface area contributed by atoms with Gasteiger partial charge in [-0.1, -0.05) is 41.1 Å². The van der Waals surface area contributed by atoms with Crippen molar-refractivity contribution < 1.29 is 4.79 Å². The van der Waals surface area contributed by atoms with E-state index in [0.29, 0.717) is 5.56 Å². The topological polar surface area (TPSA) is 54.0 Å². The van der Waals surface area contributed by atoms with Crippen LogP contribution in [0.25, 0.3) is 0 Å². The summed E-state index contributed by atoms with van der Waals surface area (Å²) in [5.74, 6) is -0.186. The number of nitrogens with one attached hydrogen (secondary N) is 2. The van der Waals surface area contributed by atoms with Gasteiger partial charge in [-0.2, -0.15) is 0 Å². The minimum absolute atomic E-state index is 0.186. The number of carbonyl (C=O) groups is 1. The van der Waals surface area contributed by atoms with Gasteiger partial charge < -0.3 is 10.6 Å². The van der Waals surface area contributed by atoms with Gasteiger partial charge in [-0.05, 0) is 48.4 Å². The van der Waals surface area contributed by atoms with Gasteiger partial charge in [-0.3, -0.25) is 9.78 Å². The predicted molar refractivity (Wildman–Crippen MR) is 105 cm³/mol. The van der Waals surface area contributed by atoms with Crippen LogP contribution < -0.4 is 10.6 Å². The minimum atomic E-state index is -0.186. The minimum Gasteiger partial charge on any atom is -0.354 e. The number of carbonyl (C=O) groups excluding carboxylic acids is 1. The van der Waals surface area contributed by atoms with E-state index in [1.807, 2.05) is 48.5 Å². The van der Waals surface area contributed by atoms with E-state index in [2.05, 4.69) is 38.5 Å². The van der Waals surface area contributed by atoms with Crippen LogP contribution in [0.15, 0.2) is 71.5 Å². The SMILES string of the molecule is CCc1ccc(NC(=O)c2cncc(Nc3cccc(Br)c3)c2)cc1. The summed E-state index contributed by atoms with van der Waals surface area (Å²) in [6.07, 6.45) is 4.22. The number of aromatic nitrogens is 1. The van der Waals surface area contributed by atoms with Crippen LogP contribution in [0.4, 0.5) is 17.1 Å². The molecule has 0 atom stereocenters. The van der Waals surface area contributed by atoms with Crippen LogP contribution in [0, 0.1) is 0 Å². The Kier molecular flexibility index (Phi) is 5.46. The molecule has 3 aromatic rings. The first kappa shape index (κ1) is 17.2. The number of rotatable bonds is 5. The summed E-state index contributed by atoms with van der Waals surface area (Å²) < 4.78 is 0.981. The van der Waals surface area contributed by atoms with Gasteiger partial charge in [0.15, 0.2) is 0 Å². The zero-order valence-electron chi connectivity index (χ0n) is 13.8. The number of halogens is 1. The summed E-state index contributed by atoms with van der Waals surface area (Å²) in [6, 6.07) is 17.4. The molecule has 0 unspecified atom stereocenters. The molecule has 2 aromatic carbocycles. The fourth-order valence-electron chi connectivity index (χ4n) is 2.39. The zero-order valence-corrected chi connectivity index (χ0v) is 15.4. The molecule has 126 valence electrons. The number of aryl methyl sites for hydroxylation is 1. The van der Waals surface area contributed by atoms with Crippen molar-refractivity contribution in [3.05, 3.63) is 82.6 Å². The lowest BCUT2D eigenvalue weighted by Gasteiger charge is -2.09. The van der Waals surface area contributed by atoms with E-state index < -0.39 is 0 Å². The molecule has 0 bridgehead atoms. The third kappa shape index (κ3) is 4.67. The maximum atomic E-state index is 12.4. The highest BCUT2D eigenvalue weighted by molar-refractivity contribution is 9.10. The summed E-state index contributed by atoms with van der Waals surface area (Å²) in [5, 5.41) is 6.14. The lowest BCUT2D eigenvalue weighted by molar-refractivity contribution is 0.102. The van der Waals surface area contributed by atoms with Gasteiger partial charge in [-0.15, -0.1) is 0 Å². The van der Waals surface area contributed by atoms with Crippen LogP contribution in [-0.4, -0.2) is 10.9 Å². The molecule has 0 saturated carbocycles. The van der Waals surface area contributed by atoms with Crippen molar-refractivity contribution in [2.75, 3.05) is 10.6 Å². The quantitative estimate of drug-likeness (QED) is 0.607. The molecule has 2 N–H and O–H groups in total. The Balaban J connectivity index is 1.72. The molecule has 0 fully saturated rings. The van der Waals surface area contributed by atoms with Crippen molar-refractivity contribution in [3.8, 4) is 0 Å². The predicted octanol–water partition coefficient (Wildman–Crippen LogP) is 5.40. The number of amides is 1. The largest absolute Gasteiger partial charge is 0.354 e. The average Bonchev–Trinajstić information content (AvgIpc) is 2.62. The van der Waals surface area contributed by atoms with E-state index in [4.69, 9.17) is 0 Å². The third-order valence-electron chi connectivity index (χ3n) is 3.73. The average molecular weight is 396 g/mol. The fraction of sp³-hybridized carbons (Fsp3) is 0.100. The second-order valence-corrected chi connectivity index (χ2v) is 6.52. The molecule has 0 aliphatic heterocycles. The van der Waals surface area contributed by atoms with Crippen molar-refractivity contribution in [1.82, 2.24) is 4.98 Å². The van der Waals surface area contributed by atoms with Gasteiger partial charge >= 0.3 is 0 Å². The van der Waals surface area contributed by atoms with E-state index in [1.165, 1.54) is 5.56 Å². The molecule has 0 aliphatic carbocycles. The van der Waals surface area contributed by atoms with Crippen molar-refractivity contribution >= 4 is 38.9 Å². The van der Waals surface area contributed by atoms with E-state index in [-0.39, 0.29) is 5.91 Å². The number of anilines is 3. The van der Waals surface area contributed by atoms with Gasteiger partial charge in [0, 0.05) is 22.0 Å². The van der Waals surface area contributed by atoms with Gasteiger partial charge in [-0.25, -0.2) is 0 Å². The van der Waals surface area contributed by atoms with Crippen LogP contribution in [0.3, 0.4) is 0 Å². The third-order valence-corrected chi connectivity index (χ3v) is 4.23. The normalized spacial score (nSPS) is 10.3. The number of benzene rings is 2. The molecule has 3 rings (SSSR count). The zero-order chi connectivity index (χ0) is 17.6. The van der Waals surface area contributed by atoms with Crippen molar-refractivity contribution in [2.45, 2.75) is 13.3 Å². The van der Waals surface area contributed by atoms with Gasteiger partial charge in [0.2, 0.25) is 0 Å². The van der Waals surface area contributed by atoms with E-state index >= 15 is 0 Å². The Labute approximate surface area is 155 Å². The van der Waals surface area contributed by atoms with Gasteiger partial charge in [0.1, 0.15) is 0 Å². The standard InChI is InChI=1S/C20H18BrN3O/c1-2-14-6-8-17(9-7-14)24-20(25)15-10-19(13-22-12-15)23-18-5-3-4-16(21)11-18/h3-13,23H,2H2,1H3,(H,24,25). The van der Waals surface area contributed by atoms with E-state index in [9.17, 15) is 4.79 Å². The second kappa shape index (κ2) is 7.94. The Morgan fingerprint density at radius 3 is 2.52 bits per heavy atom. The monoisotopic (exact) mass is 395 g/mol. The maximum absolute atomic E-state index is 12.4. The Morgan fingerprint density at radius 2 is 1.80 bits per heavy atom. The lowest BCUT2D eigenvalue weighted by atomic mass is 10.1. The van der Waals surface area contributed by atoms with Crippen LogP contribution in [0.1, 0.15) is 22.8 Å². The van der Waals surface area contributed by atoms with Crippen LogP contribution >= 0.6 is 15.9 Å². The fourth-order valence-corrected chi connectivity index (χ4v) is 2.79. The number of pyridine rings is 1. The molecular formula is C20H18BrN3O. The molecule has 0 saturated heterocycles. The molecule has 0 spiro atoms. The Bertz CT molecular complexity index is 878. The smallest absolute Gasteiger partial charge is 0.257 e. The molecular weight excluding hydrogens is 378 g/mol. The van der Waals surface area contributed by atoms with Crippen LogP contribution in [-0.2, 0) is 6.42 Å². The summed E-state index contributed by atoms with van der Waals surface area (Å²) in [5.41, 5.74) is 4.18. The highest BCUT2D eigenvalue weighted by atomic mass is 79.9. The highest BCUT2D eigenvalue weighted by Crippen LogP contribution is 2.21. The number of nitrogens with zero attached hydrogens (tertiary/aromatic N) is 1. The first-order valence-electron chi connectivity index (χ1n) is 8.02. The van der Waals surface area contributed by atoms with E-state index in [1.54, 1.807) is 18.5 Å². The molecule has 1 amide bonds. The summed E-state index contributed by atoms with van der Waals surface area (Å²) in [6.45, 7) is 2.10. The molecule has 0 radical (unpaired) electrons. The van der Waals surface area contributed by atoms with Crippen molar-refractivity contribution in [3.63, 3.8) is 0 Å². The number of hydrogen-bond donors (Lipinski definition) is 2. The Hall–Kier alpha value is -2.66. The molecule has 5 heteroatoms. The van der Waals surface area contributed by atoms with E-state index in [0.717, 1.165) is 28.0 Å². The lowest BCUT2D eigenvalue weighted by Crippen LogP contribution is -2.12. The Morgan fingerprint density at radius 1 is 1.00 bits per heavy atom. The first-order valence-corrected chi connectivity index (χ1v) is 8.81. The molecule has 4 nitrogen and oxygen atoms in total.